The lowest BCUT2D eigenvalue weighted by molar-refractivity contribution is -0.154. The van der Waals surface area contributed by atoms with E-state index in [0.29, 0.717) is 11.4 Å². The van der Waals surface area contributed by atoms with Gasteiger partial charge in [-0.3, -0.25) is 10.1 Å². The summed E-state index contributed by atoms with van der Waals surface area (Å²) in [6.45, 7) is -2.29. The fraction of sp³-hybridized carbons (Fsp3) is 0.222. The van der Waals surface area contributed by atoms with Crippen molar-refractivity contribution >= 4 is 23.6 Å². The largest absolute Gasteiger partial charge is 0.497 e. The number of alkyl halides is 3. The number of carbonyl (C=O) groups excluding carboxylic acids is 3. The monoisotopic (exact) mass is 427 g/mol. The average molecular weight is 427 g/mol. The highest BCUT2D eigenvalue weighted by Gasteiger charge is 2.28. The van der Waals surface area contributed by atoms with Crippen LogP contribution in [0.3, 0.4) is 0 Å². The van der Waals surface area contributed by atoms with Crippen molar-refractivity contribution < 1.29 is 41.8 Å². The molecule has 0 spiro atoms. The van der Waals surface area contributed by atoms with Crippen LogP contribution in [0.1, 0.15) is 10.4 Å². The Hall–Kier alpha value is -3.83. The molecule has 1 heterocycles. The van der Waals surface area contributed by atoms with Crippen LogP contribution in [0.4, 0.5) is 23.7 Å². The summed E-state index contributed by atoms with van der Waals surface area (Å²) in [5.41, 5.74) is 0.279. The third kappa shape index (κ3) is 7.66. The molecule has 0 atom stereocenters. The van der Waals surface area contributed by atoms with E-state index in [1.165, 1.54) is 7.11 Å². The number of nitrogens with one attached hydrogen (secondary N) is 2. The van der Waals surface area contributed by atoms with Crippen molar-refractivity contribution in [3.8, 4) is 11.6 Å². The topological polar surface area (TPSA) is 116 Å². The number of ether oxygens (including phenoxy) is 3. The van der Waals surface area contributed by atoms with Gasteiger partial charge in [-0.1, -0.05) is 0 Å². The van der Waals surface area contributed by atoms with Crippen LogP contribution in [0.25, 0.3) is 0 Å². The molecule has 0 saturated carbocycles. The number of anilines is 1. The minimum atomic E-state index is -4.52. The van der Waals surface area contributed by atoms with E-state index in [2.05, 4.69) is 15.0 Å². The first kappa shape index (κ1) is 22.5. The van der Waals surface area contributed by atoms with Gasteiger partial charge in [-0.15, -0.1) is 0 Å². The van der Waals surface area contributed by atoms with E-state index >= 15 is 0 Å². The first-order valence-electron chi connectivity index (χ1n) is 8.24. The zero-order valence-corrected chi connectivity index (χ0v) is 15.5. The fourth-order valence-electron chi connectivity index (χ4n) is 1.96. The molecule has 0 fully saturated rings. The summed E-state index contributed by atoms with van der Waals surface area (Å²) in [5, 5.41) is 4.37. The van der Waals surface area contributed by atoms with Gasteiger partial charge in [0.05, 0.1) is 12.7 Å². The lowest BCUT2D eigenvalue weighted by atomic mass is 10.3. The summed E-state index contributed by atoms with van der Waals surface area (Å²) in [6.07, 6.45) is -3.59. The van der Waals surface area contributed by atoms with Gasteiger partial charge in [0.1, 0.15) is 5.75 Å². The molecule has 0 radical (unpaired) electrons. The van der Waals surface area contributed by atoms with Crippen molar-refractivity contribution in [2.24, 2.45) is 0 Å². The number of hydrogen-bond donors (Lipinski definition) is 2. The van der Waals surface area contributed by atoms with Crippen LogP contribution in [0.15, 0.2) is 42.6 Å². The molecule has 12 heteroatoms. The summed E-state index contributed by atoms with van der Waals surface area (Å²) in [5.74, 6) is -1.61. The minimum Gasteiger partial charge on any atom is -0.497 e. The Morgan fingerprint density at radius 3 is 2.33 bits per heavy atom. The van der Waals surface area contributed by atoms with E-state index in [1.807, 2.05) is 5.32 Å². The lowest BCUT2D eigenvalue weighted by Gasteiger charge is -2.09. The second kappa shape index (κ2) is 10.1. The highest BCUT2D eigenvalue weighted by molar-refractivity contribution is 6.02. The molecule has 2 N–H and O–H groups in total. The fourth-order valence-corrected chi connectivity index (χ4v) is 1.96. The third-order valence-electron chi connectivity index (χ3n) is 3.29. The molecule has 2 aromatic rings. The van der Waals surface area contributed by atoms with Crippen LogP contribution < -0.4 is 20.1 Å². The first-order chi connectivity index (χ1) is 14.2. The molecular formula is C18H16F3N3O6. The van der Waals surface area contributed by atoms with Crippen LogP contribution >= 0.6 is 0 Å². The maximum atomic E-state index is 12.1. The van der Waals surface area contributed by atoms with Crippen molar-refractivity contribution in [3.05, 3.63) is 48.2 Å². The van der Waals surface area contributed by atoms with Gasteiger partial charge in [0.25, 0.3) is 5.91 Å². The number of urea groups is 1. The van der Waals surface area contributed by atoms with Gasteiger partial charge >= 0.3 is 18.2 Å². The van der Waals surface area contributed by atoms with E-state index in [9.17, 15) is 27.6 Å². The SMILES string of the molecule is COc1ccc(NC(=O)NC(=O)COC(=O)c2ccc(OCC(F)(F)F)nc2)cc1. The number of imide groups is 1. The summed E-state index contributed by atoms with van der Waals surface area (Å²) >= 11 is 0. The number of methoxy groups -OCH3 is 1. The maximum absolute atomic E-state index is 12.1. The van der Waals surface area contributed by atoms with Gasteiger partial charge in [0.15, 0.2) is 13.2 Å². The number of hydrogen-bond acceptors (Lipinski definition) is 7. The van der Waals surface area contributed by atoms with E-state index in [4.69, 9.17) is 9.47 Å². The summed E-state index contributed by atoms with van der Waals surface area (Å²) in [4.78, 5) is 38.8. The second-order valence-electron chi connectivity index (χ2n) is 5.60. The lowest BCUT2D eigenvalue weighted by Crippen LogP contribution is -2.37. The second-order valence-corrected chi connectivity index (χ2v) is 5.60. The quantitative estimate of drug-likeness (QED) is 0.653. The first-order valence-corrected chi connectivity index (χ1v) is 8.24. The van der Waals surface area contributed by atoms with Gasteiger partial charge in [0, 0.05) is 18.0 Å². The Kier molecular flexibility index (Phi) is 7.56. The van der Waals surface area contributed by atoms with Crippen LogP contribution in [-0.4, -0.2) is 49.4 Å². The molecule has 0 saturated heterocycles. The van der Waals surface area contributed by atoms with Crippen LogP contribution in [0.5, 0.6) is 11.6 Å². The number of halogens is 3. The molecular weight excluding hydrogens is 411 g/mol. The summed E-state index contributed by atoms with van der Waals surface area (Å²) in [6, 6.07) is 7.64. The number of carbonyl (C=O) groups is 3. The Labute approximate surface area is 168 Å². The normalized spacial score (nSPS) is 10.7. The van der Waals surface area contributed by atoms with Gasteiger partial charge in [0.2, 0.25) is 5.88 Å². The molecule has 0 aliphatic carbocycles. The number of rotatable bonds is 7. The molecule has 3 amide bonds. The smallest absolute Gasteiger partial charge is 0.422 e. The molecule has 30 heavy (non-hydrogen) atoms. The van der Waals surface area contributed by atoms with Crippen LogP contribution in [0, 0.1) is 0 Å². The number of amides is 3. The molecule has 9 nitrogen and oxygen atoms in total. The van der Waals surface area contributed by atoms with Gasteiger partial charge in [-0.25, -0.2) is 14.6 Å². The Morgan fingerprint density at radius 2 is 1.77 bits per heavy atom. The number of esters is 1. The van der Waals surface area contributed by atoms with E-state index < -0.39 is 37.3 Å². The van der Waals surface area contributed by atoms with E-state index in [-0.39, 0.29) is 11.4 Å². The van der Waals surface area contributed by atoms with Crippen molar-refractivity contribution in [3.63, 3.8) is 0 Å². The van der Waals surface area contributed by atoms with Crippen LogP contribution in [0.2, 0.25) is 0 Å². The molecule has 0 aliphatic rings. The molecule has 0 aliphatic heterocycles. The zero-order valence-electron chi connectivity index (χ0n) is 15.5. The predicted octanol–water partition coefficient (Wildman–Crippen LogP) is 2.54. The Bertz CT molecular complexity index is 886. The third-order valence-corrected chi connectivity index (χ3v) is 3.29. The highest BCUT2D eigenvalue weighted by Crippen LogP contribution is 2.17. The van der Waals surface area contributed by atoms with Gasteiger partial charge in [-0.2, -0.15) is 13.2 Å². The molecule has 0 bridgehead atoms. The summed E-state index contributed by atoms with van der Waals surface area (Å²) in [7, 11) is 1.49. The number of pyridine rings is 1. The predicted molar refractivity (Wildman–Crippen MR) is 96.2 cm³/mol. The number of nitrogens with zero attached hydrogens (tertiary/aromatic N) is 1. The van der Waals surface area contributed by atoms with Crippen molar-refractivity contribution in [2.75, 3.05) is 25.6 Å². The number of aromatic nitrogens is 1. The maximum Gasteiger partial charge on any atom is 0.422 e. The van der Waals surface area contributed by atoms with Crippen LogP contribution in [-0.2, 0) is 9.53 Å². The molecule has 160 valence electrons. The Balaban J connectivity index is 1.76. The van der Waals surface area contributed by atoms with Gasteiger partial charge < -0.3 is 19.5 Å². The molecule has 0 unspecified atom stereocenters. The van der Waals surface area contributed by atoms with Crippen molar-refractivity contribution in [2.45, 2.75) is 6.18 Å². The van der Waals surface area contributed by atoms with Crippen molar-refractivity contribution in [1.82, 2.24) is 10.3 Å². The minimum absolute atomic E-state index is 0.121. The average Bonchev–Trinajstić information content (AvgIpc) is 2.71. The number of benzene rings is 1. The van der Waals surface area contributed by atoms with Gasteiger partial charge in [-0.05, 0) is 30.3 Å². The van der Waals surface area contributed by atoms with E-state index in [1.54, 1.807) is 24.3 Å². The summed E-state index contributed by atoms with van der Waals surface area (Å²) < 4.78 is 50.3. The van der Waals surface area contributed by atoms with E-state index in [0.717, 1.165) is 18.3 Å². The molecule has 1 aromatic carbocycles. The Morgan fingerprint density at radius 1 is 1.07 bits per heavy atom. The molecule has 2 rings (SSSR count). The zero-order chi connectivity index (χ0) is 22.1. The molecule has 1 aromatic heterocycles. The highest BCUT2D eigenvalue weighted by atomic mass is 19.4. The standard InChI is InChI=1S/C18H16F3N3O6/c1-28-13-5-3-12(4-6-13)23-17(27)24-14(25)9-29-16(26)11-2-7-15(22-8-11)30-10-18(19,20)21/h2-8H,9-10H2,1H3,(H2,23,24,25,27). The van der Waals surface area contributed by atoms with Crippen molar-refractivity contribution in [1.29, 1.82) is 0 Å².